The minimum absolute atomic E-state index is 0.0183. The second kappa shape index (κ2) is 5.33. The maximum Gasteiger partial charge on any atom is 0.267 e. The molecule has 0 aromatic heterocycles. The Morgan fingerprint density at radius 1 is 1.53 bits per heavy atom. The van der Waals surface area contributed by atoms with Gasteiger partial charge in [0.25, 0.3) is 5.91 Å². The summed E-state index contributed by atoms with van der Waals surface area (Å²) in [6.07, 6.45) is 0.233. The van der Waals surface area contributed by atoms with E-state index in [9.17, 15) is 9.59 Å². The molecule has 0 saturated carbocycles. The number of alkyl halides is 1. The van der Waals surface area contributed by atoms with E-state index in [2.05, 4.69) is 15.9 Å². The standard InChI is InChI=1S/C14H16BrNO3/c1-4-10(15)13(17)9-5-6-12-11(7-9)16(3)14(18)8(2)19-12/h5-8,10H,4H2,1-3H3. The van der Waals surface area contributed by atoms with Gasteiger partial charge in [0.15, 0.2) is 11.9 Å². The van der Waals surface area contributed by atoms with Gasteiger partial charge in [-0.2, -0.15) is 0 Å². The molecule has 102 valence electrons. The molecule has 1 aromatic rings. The molecule has 1 aromatic carbocycles. The zero-order valence-corrected chi connectivity index (χ0v) is 12.7. The van der Waals surface area contributed by atoms with Gasteiger partial charge in [-0.05, 0) is 31.5 Å². The highest BCUT2D eigenvalue weighted by Crippen LogP contribution is 2.34. The zero-order chi connectivity index (χ0) is 14.2. The van der Waals surface area contributed by atoms with Crippen molar-refractivity contribution in [1.82, 2.24) is 0 Å². The van der Waals surface area contributed by atoms with E-state index >= 15 is 0 Å². The van der Waals surface area contributed by atoms with Crippen molar-refractivity contribution in [3.05, 3.63) is 23.8 Å². The normalized spacial score (nSPS) is 19.7. The molecule has 1 heterocycles. The third-order valence-electron chi connectivity index (χ3n) is 3.23. The number of hydrogen-bond acceptors (Lipinski definition) is 3. The Morgan fingerprint density at radius 2 is 2.21 bits per heavy atom. The smallest absolute Gasteiger partial charge is 0.267 e. The van der Waals surface area contributed by atoms with Crippen molar-refractivity contribution in [2.75, 3.05) is 11.9 Å². The minimum Gasteiger partial charge on any atom is -0.479 e. The van der Waals surface area contributed by atoms with Crippen LogP contribution in [-0.4, -0.2) is 29.7 Å². The predicted molar refractivity (Wildman–Crippen MR) is 77.3 cm³/mol. The van der Waals surface area contributed by atoms with Gasteiger partial charge in [-0.15, -0.1) is 0 Å². The number of ketones is 1. The molecular formula is C14H16BrNO3. The first-order valence-corrected chi connectivity index (χ1v) is 7.13. The lowest BCUT2D eigenvalue weighted by Crippen LogP contribution is -2.42. The van der Waals surface area contributed by atoms with Crippen molar-refractivity contribution in [2.45, 2.75) is 31.2 Å². The number of likely N-dealkylation sites (N-methyl/N-ethyl adjacent to an activating group) is 1. The average molecular weight is 326 g/mol. The molecule has 4 nitrogen and oxygen atoms in total. The number of benzene rings is 1. The summed E-state index contributed by atoms with van der Waals surface area (Å²) in [5.41, 5.74) is 1.23. The Hall–Kier alpha value is -1.36. The van der Waals surface area contributed by atoms with Gasteiger partial charge in [0.05, 0.1) is 10.5 Å². The van der Waals surface area contributed by atoms with Gasteiger partial charge < -0.3 is 9.64 Å². The molecule has 2 unspecified atom stereocenters. The summed E-state index contributed by atoms with van der Waals surface area (Å²) in [4.78, 5) is 25.3. The van der Waals surface area contributed by atoms with Gasteiger partial charge in [-0.25, -0.2) is 0 Å². The van der Waals surface area contributed by atoms with Crippen molar-refractivity contribution in [3.63, 3.8) is 0 Å². The number of halogens is 1. The molecule has 19 heavy (non-hydrogen) atoms. The number of Topliss-reactive ketones (excluding diaryl/α,β-unsaturated/α-hetero) is 1. The first kappa shape index (κ1) is 14.1. The second-order valence-corrected chi connectivity index (χ2v) is 5.69. The van der Waals surface area contributed by atoms with Crippen LogP contribution in [0.25, 0.3) is 0 Å². The van der Waals surface area contributed by atoms with Crippen molar-refractivity contribution in [2.24, 2.45) is 0 Å². The van der Waals surface area contributed by atoms with Crippen LogP contribution >= 0.6 is 15.9 Å². The predicted octanol–water partition coefficient (Wildman–Crippen LogP) is 2.79. The number of carbonyl (C=O) groups is 2. The quantitative estimate of drug-likeness (QED) is 0.634. The number of fused-ring (bicyclic) bond motifs is 1. The monoisotopic (exact) mass is 325 g/mol. The highest BCUT2D eigenvalue weighted by Gasteiger charge is 2.29. The molecule has 0 saturated heterocycles. The fourth-order valence-electron chi connectivity index (χ4n) is 2.03. The third-order valence-corrected chi connectivity index (χ3v) is 4.29. The summed E-state index contributed by atoms with van der Waals surface area (Å²) >= 11 is 3.35. The Bertz CT molecular complexity index is 529. The van der Waals surface area contributed by atoms with Crippen LogP contribution in [0, 0.1) is 0 Å². The molecule has 0 radical (unpaired) electrons. The van der Waals surface area contributed by atoms with Crippen molar-refractivity contribution in [3.8, 4) is 5.75 Å². The van der Waals surface area contributed by atoms with Gasteiger partial charge in [-0.1, -0.05) is 22.9 Å². The number of anilines is 1. The molecule has 1 aliphatic heterocycles. The van der Waals surface area contributed by atoms with Gasteiger partial charge in [0.1, 0.15) is 5.75 Å². The first-order chi connectivity index (χ1) is 8.95. The number of hydrogen-bond donors (Lipinski definition) is 0. The molecule has 2 atom stereocenters. The summed E-state index contributed by atoms with van der Waals surface area (Å²) in [7, 11) is 1.69. The minimum atomic E-state index is -0.487. The fraction of sp³-hybridized carbons (Fsp3) is 0.429. The topological polar surface area (TPSA) is 46.6 Å². The summed E-state index contributed by atoms with van der Waals surface area (Å²) in [5.74, 6) is 0.543. The Labute approximate surface area is 120 Å². The number of carbonyl (C=O) groups excluding carboxylic acids is 2. The highest BCUT2D eigenvalue weighted by atomic mass is 79.9. The highest BCUT2D eigenvalue weighted by molar-refractivity contribution is 9.10. The van der Waals surface area contributed by atoms with Crippen LogP contribution in [0.4, 0.5) is 5.69 Å². The molecule has 0 bridgehead atoms. The molecule has 0 spiro atoms. The largest absolute Gasteiger partial charge is 0.479 e. The van der Waals surface area contributed by atoms with Crippen LogP contribution in [0.5, 0.6) is 5.75 Å². The molecule has 1 aliphatic rings. The van der Waals surface area contributed by atoms with E-state index < -0.39 is 6.10 Å². The van der Waals surface area contributed by atoms with Crippen molar-refractivity contribution < 1.29 is 14.3 Å². The number of amides is 1. The summed E-state index contributed by atoms with van der Waals surface area (Å²) in [6.45, 7) is 3.66. The third kappa shape index (κ3) is 2.52. The SMILES string of the molecule is CCC(Br)C(=O)c1ccc2c(c1)N(C)C(=O)C(C)O2. The Balaban J connectivity index is 2.39. The van der Waals surface area contributed by atoms with Crippen molar-refractivity contribution in [1.29, 1.82) is 0 Å². The number of rotatable bonds is 3. The lowest BCUT2D eigenvalue weighted by molar-refractivity contribution is -0.125. The first-order valence-electron chi connectivity index (χ1n) is 6.22. The molecule has 0 fully saturated rings. The van der Waals surface area contributed by atoms with Gasteiger partial charge in [0.2, 0.25) is 0 Å². The van der Waals surface area contributed by atoms with E-state index in [1.165, 1.54) is 4.90 Å². The summed E-state index contributed by atoms with van der Waals surface area (Å²) < 4.78 is 5.52. The van der Waals surface area contributed by atoms with Crippen LogP contribution in [-0.2, 0) is 4.79 Å². The Morgan fingerprint density at radius 3 is 2.84 bits per heavy atom. The molecule has 5 heteroatoms. The van der Waals surface area contributed by atoms with E-state index in [0.29, 0.717) is 17.0 Å². The van der Waals surface area contributed by atoms with Crippen molar-refractivity contribution >= 4 is 33.3 Å². The van der Waals surface area contributed by atoms with E-state index in [4.69, 9.17) is 4.74 Å². The lowest BCUT2D eigenvalue weighted by Gasteiger charge is -2.30. The number of nitrogens with zero attached hydrogens (tertiary/aromatic N) is 1. The second-order valence-electron chi connectivity index (χ2n) is 4.58. The zero-order valence-electron chi connectivity index (χ0n) is 11.1. The number of ether oxygens (including phenoxy) is 1. The molecule has 1 amide bonds. The van der Waals surface area contributed by atoms with Gasteiger partial charge >= 0.3 is 0 Å². The maximum atomic E-state index is 12.1. The Kier molecular flexibility index (Phi) is 3.94. The van der Waals surface area contributed by atoms with E-state index in [1.54, 1.807) is 32.2 Å². The fourth-order valence-corrected chi connectivity index (χ4v) is 2.30. The summed E-state index contributed by atoms with van der Waals surface area (Å²) in [5, 5.41) is 0. The van der Waals surface area contributed by atoms with Gasteiger partial charge in [-0.3, -0.25) is 9.59 Å². The van der Waals surface area contributed by atoms with Crippen LogP contribution < -0.4 is 9.64 Å². The van der Waals surface area contributed by atoms with Crippen LogP contribution in [0.15, 0.2) is 18.2 Å². The lowest BCUT2D eigenvalue weighted by atomic mass is 10.0. The van der Waals surface area contributed by atoms with Gasteiger partial charge in [0, 0.05) is 12.6 Å². The molecule has 2 rings (SSSR count). The average Bonchev–Trinajstić information content (AvgIpc) is 2.43. The molecule has 0 aliphatic carbocycles. The summed E-state index contributed by atoms with van der Waals surface area (Å²) in [6, 6.07) is 5.20. The van der Waals surface area contributed by atoms with E-state index in [0.717, 1.165) is 6.42 Å². The van der Waals surface area contributed by atoms with Crippen LogP contribution in [0.3, 0.4) is 0 Å². The van der Waals surface area contributed by atoms with E-state index in [-0.39, 0.29) is 16.5 Å². The van der Waals surface area contributed by atoms with Crippen LogP contribution in [0.2, 0.25) is 0 Å². The van der Waals surface area contributed by atoms with Crippen LogP contribution in [0.1, 0.15) is 30.6 Å². The van der Waals surface area contributed by atoms with E-state index in [1.807, 2.05) is 6.92 Å². The molecule has 0 N–H and O–H groups in total. The molecular weight excluding hydrogens is 310 g/mol. The maximum absolute atomic E-state index is 12.1.